The average molecular weight is 426 g/mol. The Morgan fingerprint density at radius 2 is 1.81 bits per heavy atom. The summed E-state index contributed by atoms with van der Waals surface area (Å²) < 4.78 is 5.58. The van der Waals surface area contributed by atoms with Crippen LogP contribution in [0, 0.1) is 0 Å². The molecule has 3 aromatic carbocycles. The fourth-order valence-corrected chi connectivity index (χ4v) is 4.32. The molecule has 5 rings (SSSR count). The number of hydrogen-bond acceptors (Lipinski definition) is 4. The highest BCUT2D eigenvalue weighted by Gasteiger charge is 2.16. The molecule has 0 radical (unpaired) electrons. The number of ether oxygens (including phenoxy) is 1. The molecule has 2 N–H and O–H groups in total. The lowest BCUT2D eigenvalue weighted by Gasteiger charge is -2.30. The van der Waals surface area contributed by atoms with Gasteiger partial charge in [-0.15, -0.1) is 0 Å². The minimum atomic E-state index is -0.0715. The molecule has 2 heterocycles. The Morgan fingerprint density at radius 3 is 2.62 bits per heavy atom. The number of nitrogens with one attached hydrogen (secondary N) is 2. The minimum absolute atomic E-state index is 0.0715. The molecule has 0 atom stereocenters. The van der Waals surface area contributed by atoms with Crippen LogP contribution in [0.2, 0.25) is 0 Å². The number of pyridine rings is 1. The molecule has 162 valence electrons. The summed E-state index contributed by atoms with van der Waals surface area (Å²) in [6.07, 6.45) is 1.08. The van der Waals surface area contributed by atoms with Crippen molar-refractivity contribution in [2.75, 3.05) is 23.4 Å². The molecule has 0 fully saturated rings. The molecule has 0 unspecified atom stereocenters. The molecule has 1 aliphatic rings. The van der Waals surface area contributed by atoms with E-state index in [1.165, 1.54) is 16.8 Å². The van der Waals surface area contributed by atoms with Crippen molar-refractivity contribution in [1.29, 1.82) is 0 Å². The standard InChI is InChI=1S/C27H27N3O2/c1-2-32-25-11-12-26-21(16-25)15-22(27(31)29-26)17-28-23-7-9-24(10-8-23)30-14-13-19-5-3-4-6-20(19)18-30/h3-12,15-16,28H,2,13-14,17-18H2,1H3,(H,29,31). The largest absolute Gasteiger partial charge is 0.494 e. The highest BCUT2D eigenvalue weighted by molar-refractivity contribution is 5.80. The van der Waals surface area contributed by atoms with Crippen LogP contribution in [0.15, 0.2) is 77.6 Å². The van der Waals surface area contributed by atoms with Crippen LogP contribution in [0.1, 0.15) is 23.6 Å². The van der Waals surface area contributed by atoms with Gasteiger partial charge in [0, 0.05) is 47.5 Å². The predicted molar refractivity (Wildman–Crippen MR) is 131 cm³/mol. The van der Waals surface area contributed by atoms with Gasteiger partial charge in [0.1, 0.15) is 5.75 Å². The van der Waals surface area contributed by atoms with Gasteiger partial charge in [0.15, 0.2) is 0 Å². The molecule has 0 spiro atoms. The Kier molecular flexibility index (Phi) is 5.55. The SMILES string of the molecule is CCOc1ccc2[nH]c(=O)c(CNc3ccc(N4CCc5ccccc5C4)cc3)cc2c1. The normalized spacial score (nSPS) is 13.1. The molecule has 4 aromatic rings. The van der Waals surface area contributed by atoms with Gasteiger partial charge in [0.2, 0.25) is 0 Å². The number of aromatic amines is 1. The van der Waals surface area contributed by atoms with Crippen LogP contribution in [0.4, 0.5) is 11.4 Å². The third kappa shape index (κ3) is 4.19. The van der Waals surface area contributed by atoms with Crippen LogP contribution in [0.25, 0.3) is 10.9 Å². The van der Waals surface area contributed by atoms with Crippen molar-refractivity contribution < 1.29 is 4.74 Å². The summed E-state index contributed by atoms with van der Waals surface area (Å²) in [5.41, 5.74) is 6.51. The Hall–Kier alpha value is -3.73. The van der Waals surface area contributed by atoms with Crippen LogP contribution in [-0.2, 0) is 19.5 Å². The van der Waals surface area contributed by atoms with E-state index < -0.39 is 0 Å². The van der Waals surface area contributed by atoms with E-state index in [-0.39, 0.29) is 5.56 Å². The number of aromatic nitrogens is 1. The molecule has 0 saturated carbocycles. The average Bonchev–Trinajstić information content (AvgIpc) is 2.83. The Morgan fingerprint density at radius 1 is 1.00 bits per heavy atom. The van der Waals surface area contributed by atoms with E-state index in [2.05, 4.69) is 63.7 Å². The zero-order chi connectivity index (χ0) is 21.9. The van der Waals surface area contributed by atoms with Gasteiger partial charge in [0.25, 0.3) is 5.56 Å². The first-order valence-corrected chi connectivity index (χ1v) is 11.1. The summed E-state index contributed by atoms with van der Waals surface area (Å²) in [6.45, 7) is 5.00. The van der Waals surface area contributed by atoms with E-state index in [4.69, 9.17) is 4.74 Å². The number of benzene rings is 3. The summed E-state index contributed by atoms with van der Waals surface area (Å²) in [6, 6.07) is 24.8. The molecule has 0 bridgehead atoms. The number of fused-ring (bicyclic) bond motifs is 2. The second-order valence-electron chi connectivity index (χ2n) is 8.15. The summed E-state index contributed by atoms with van der Waals surface area (Å²) in [4.78, 5) is 17.9. The van der Waals surface area contributed by atoms with E-state index >= 15 is 0 Å². The molecule has 0 saturated heterocycles. The molecule has 0 amide bonds. The van der Waals surface area contributed by atoms with Crippen LogP contribution >= 0.6 is 0 Å². The quantitative estimate of drug-likeness (QED) is 0.451. The monoisotopic (exact) mass is 425 g/mol. The highest BCUT2D eigenvalue weighted by Crippen LogP contribution is 2.26. The van der Waals surface area contributed by atoms with Crippen molar-refractivity contribution in [1.82, 2.24) is 4.98 Å². The molecule has 1 aromatic heterocycles. The van der Waals surface area contributed by atoms with Crippen LogP contribution < -0.4 is 20.5 Å². The summed E-state index contributed by atoms with van der Waals surface area (Å²) in [5.74, 6) is 0.807. The fourth-order valence-electron chi connectivity index (χ4n) is 4.32. The highest BCUT2D eigenvalue weighted by atomic mass is 16.5. The van der Waals surface area contributed by atoms with Crippen molar-refractivity contribution in [3.8, 4) is 5.75 Å². The Labute approximate surface area is 187 Å². The van der Waals surface area contributed by atoms with Gasteiger partial charge in [0.05, 0.1) is 6.61 Å². The predicted octanol–water partition coefficient (Wildman–Crippen LogP) is 5.10. The third-order valence-corrected chi connectivity index (χ3v) is 6.05. The van der Waals surface area contributed by atoms with E-state index in [0.717, 1.165) is 41.9 Å². The Balaban J connectivity index is 1.28. The molecular formula is C27H27N3O2. The number of nitrogens with zero attached hydrogens (tertiary/aromatic N) is 1. The zero-order valence-corrected chi connectivity index (χ0v) is 18.2. The van der Waals surface area contributed by atoms with Crippen molar-refractivity contribution in [3.63, 3.8) is 0 Å². The number of rotatable bonds is 6. The maximum atomic E-state index is 12.5. The number of anilines is 2. The second kappa shape index (κ2) is 8.79. The molecule has 1 aliphatic heterocycles. The van der Waals surface area contributed by atoms with Gasteiger partial charge in [-0.05, 0) is 73.0 Å². The van der Waals surface area contributed by atoms with E-state index in [0.29, 0.717) is 18.7 Å². The van der Waals surface area contributed by atoms with Gasteiger partial charge < -0.3 is 19.9 Å². The van der Waals surface area contributed by atoms with Crippen molar-refractivity contribution in [2.45, 2.75) is 26.4 Å². The summed E-state index contributed by atoms with van der Waals surface area (Å²) in [5, 5.41) is 4.35. The fraction of sp³-hybridized carbons (Fsp3) is 0.222. The molecule has 5 heteroatoms. The second-order valence-corrected chi connectivity index (χ2v) is 8.15. The van der Waals surface area contributed by atoms with Crippen molar-refractivity contribution >= 4 is 22.3 Å². The van der Waals surface area contributed by atoms with E-state index in [9.17, 15) is 4.79 Å². The zero-order valence-electron chi connectivity index (χ0n) is 18.2. The lowest BCUT2D eigenvalue weighted by molar-refractivity contribution is 0.340. The lowest BCUT2D eigenvalue weighted by Crippen LogP contribution is -2.30. The van der Waals surface area contributed by atoms with Gasteiger partial charge >= 0.3 is 0 Å². The third-order valence-electron chi connectivity index (χ3n) is 6.05. The van der Waals surface area contributed by atoms with E-state index in [1.54, 1.807) is 0 Å². The molecule has 32 heavy (non-hydrogen) atoms. The van der Waals surface area contributed by atoms with Gasteiger partial charge in [-0.25, -0.2) is 0 Å². The van der Waals surface area contributed by atoms with Crippen LogP contribution in [-0.4, -0.2) is 18.1 Å². The van der Waals surface area contributed by atoms with Crippen molar-refractivity contribution in [3.05, 3.63) is 99.8 Å². The molecule has 0 aliphatic carbocycles. The lowest BCUT2D eigenvalue weighted by atomic mass is 9.99. The van der Waals surface area contributed by atoms with Crippen molar-refractivity contribution in [2.24, 2.45) is 0 Å². The van der Waals surface area contributed by atoms with Gasteiger partial charge in [-0.2, -0.15) is 0 Å². The topological polar surface area (TPSA) is 57.4 Å². The van der Waals surface area contributed by atoms with Crippen LogP contribution in [0.3, 0.4) is 0 Å². The number of hydrogen-bond donors (Lipinski definition) is 2. The van der Waals surface area contributed by atoms with Crippen LogP contribution in [0.5, 0.6) is 5.75 Å². The summed E-state index contributed by atoms with van der Waals surface area (Å²) in [7, 11) is 0. The maximum Gasteiger partial charge on any atom is 0.253 e. The number of H-pyrrole nitrogens is 1. The maximum absolute atomic E-state index is 12.5. The minimum Gasteiger partial charge on any atom is -0.494 e. The molecular weight excluding hydrogens is 398 g/mol. The van der Waals surface area contributed by atoms with Gasteiger partial charge in [-0.1, -0.05) is 24.3 Å². The Bertz CT molecular complexity index is 1290. The van der Waals surface area contributed by atoms with E-state index in [1.807, 2.05) is 31.2 Å². The first-order valence-electron chi connectivity index (χ1n) is 11.1. The smallest absolute Gasteiger partial charge is 0.253 e. The van der Waals surface area contributed by atoms with Gasteiger partial charge in [-0.3, -0.25) is 4.79 Å². The first kappa shape index (κ1) is 20.2. The molecule has 5 nitrogen and oxygen atoms in total. The summed E-state index contributed by atoms with van der Waals surface area (Å²) >= 11 is 0. The first-order chi connectivity index (χ1) is 15.7.